The molecule has 0 radical (unpaired) electrons. The van der Waals surface area contributed by atoms with Crippen LogP contribution in [-0.2, 0) is 31.2 Å². The van der Waals surface area contributed by atoms with Gasteiger partial charge in [0.05, 0.1) is 5.69 Å². The Morgan fingerprint density at radius 3 is 2.05 bits per heavy atom. The third-order valence-electron chi connectivity index (χ3n) is 5.30. The van der Waals surface area contributed by atoms with Crippen LogP contribution in [0.4, 0.5) is 20.1 Å². The lowest BCUT2D eigenvalue weighted by Gasteiger charge is -2.37. The standard InChI is InChI=1S/C27H33N3O7/c1-25(2,3)36-22(32)28-30(24(34)37-26(4,5)6)27(7)19-15-11-12-16-20(19)29(21(27)31)23(33)35-17-18-13-9-8-10-14-18/h8-16H,17H2,1-7H3,(H,28,32)/t27-/m1/s1. The van der Waals surface area contributed by atoms with Crippen molar-refractivity contribution in [1.29, 1.82) is 0 Å². The fourth-order valence-electron chi connectivity index (χ4n) is 3.74. The summed E-state index contributed by atoms with van der Waals surface area (Å²) in [6.45, 7) is 11.3. The van der Waals surface area contributed by atoms with E-state index in [1.807, 2.05) is 6.07 Å². The van der Waals surface area contributed by atoms with Crippen LogP contribution in [0.3, 0.4) is 0 Å². The van der Waals surface area contributed by atoms with E-state index < -0.39 is 40.9 Å². The van der Waals surface area contributed by atoms with E-state index in [0.717, 1.165) is 15.5 Å². The lowest BCUT2D eigenvalue weighted by molar-refractivity contribution is -0.130. The highest BCUT2D eigenvalue weighted by Gasteiger charge is 2.57. The number of para-hydroxylation sites is 1. The lowest BCUT2D eigenvalue weighted by Crippen LogP contribution is -2.62. The molecule has 0 saturated carbocycles. The Hall–Kier alpha value is -4.08. The smallest absolute Gasteiger partial charge is 0.430 e. The maximum Gasteiger partial charge on any atom is 0.430 e. The van der Waals surface area contributed by atoms with E-state index in [0.29, 0.717) is 5.56 Å². The molecule has 0 unspecified atom stereocenters. The van der Waals surface area contributed by atoms with Crippen molar-refractivity contribution in [3.63, 3.8) is 0 Å². The van der Waals surface area contributed by atoms with Crippen LogP contribution in [0, 0.1) is 0 Å². The predicted octanol–water partition coefficient (Wildman–Crippen LogP) is 5.26. The summed E-state index contributed by atoms with van der Waals surface area (Å²) in [5, 5.41) is 0.762. The lowest BCUT2D eigenvalue weighted by atomic mass is 9.93. The fraction of sp³-hybridized carbons (Fsp3) is 0.407. The first-order valence-electron chi connectivity index (χ1n) is 11.8. The Morgan fingerprint density at radius 2 is 1.46 bits per heavy atom. The molecule has 1 N–H and O–H groups in total. The van der Waals surface area contributed by atoms with Crippen molar-refractivity contribution in [2.45, 2.75) is 71.8 Å². The minimum Gasteiger partial charge on any atom is -0.444 e. The molecule has 1 heterocycles. The van der Waals surface area contributed by atoms with Crippen molar-refractivity contribution < 1.29 is 33.4 Å². The normalized spacial score (nSPS) is 17.1. The van der Waals surface area contributed by atoms with Gasteiger partial charge in [-0.05, 0) is 60.1 Å². The van der Waals surface area contributed by atoms with Gasteiger partial charge >= 0.3 is 18.3 Å². The molecule has 0 bridgehead atoms. The summed E-state index contributed by atoms with van der Waals surface area (Å²) in [6, 6.07) is 15.5. The molecule has 0 aliphatic carbocycles. The number of anilines is 1. The van der Waals surface area contributed by atoms with Gasteiger partial charge in [0.2, 0.25) is 0 Å². The number of benzene rings is 2. The van der Waals surface area contributed by atoms with Gasteiger partial charge in [-0.1, -0.05) is 48.5 Å². The molecule has 0 fully saturated rings. The zero-order valence-electron chi connectivity index (χ0n) is 22.2. The number of carbonyl (C=O) groups excluding carboxylic acids is 4. The number of carbonyl (C=O) groups is 4. The minimum atomic E-state index is -1.86. The maximum atomic E-state index is 13.9. The second kappa shape index (κ2) is 10.1. The molecule has 10 nitrogen and oxygen atoms in total. The number of rotatable bonds is 3. The average Bonchev–Trinajstić information content (AvgIpc) is 3.02. The van der Waals surface area contributed by atoms with E-state index in [2.05, 4.69) is 5.43 Å². The monoisotopic (exact) mass is 511 g/mol. The Bertz CT molecular complexity index is 1180. The molecular weight excluding hydrogens is 478 g/mol. The Balaban J connectivity index is 2.00. The summed E-state index contributed by atoms with van der Waals surface area (Å²) in [4.78, 5) is 54.0. The van der Waals surface area contributed by atoms with E-state index in [1.165, 1.54) is 6.92 Å². The third-order valence-corrected chi connectivity index (χ3v) is 5.30. The number of ether oxygens (including phenoxy) is 3. The van der Waals surface area contributed by atoms with Crippen molar-refractivity contribution in [3.05, 3.63) is 65.7 Å². The number of imide groups is 1. The van der Waals surface area contributed by atoms with E-state index in [4.69, 9.17) is 14.2 Å². The molecule has 0 saturated heterocycles. The zero-order valence-corrected chi connectivity index (χ0v) is 22.2. The van der Waals surface area contributed by atoms with E-state index in [-0.39, 0.29) is 12.3 Å². The number of hydrogen-bond donors (Lipinski definition) is 1. The van der Waals surface area contributed by atoms with Gasteiger partial charge in [-0.15, -0.1) is 0 Å². The minimum absolute atomic E-state index is 0.0612. The molecule has 1 aliphatic rings. The summed E-state index contributed by atoms with van der Waals surface area (Å²) in [6.07, 6.45) is -2.91. The molecule has 37 heavy (non-hydrogen) atoms. The molecule has 2 aromatic rings. The Labute approximate surface area is 216 Å². The second-order valence-corrected chi connectivity index (χ2v) is 10.7. The van der Waals surface area contributed by atoms with E-state index in [1.54, 1.807) is 90.1 Å². The highest BCUT2D eigenvalue weighted by molar-refractivity contribution is 6.21. The molecule has 1 atom stereocenters. The topological polar surface area (TPSA) is 114 Å². The highest BCUT2D eigenvalue weighted by atomic mass is 16.6. The Morgan fingerprint density at radius 1 is 0.892 bits per heavy atom. The summed E-state index contributed by atoms with van der Waals surface area (Å²) < 4.78 is 16.2. The summed E-state index contributed by atoms with van der Waals surface area (Å²) in [5.41, 5.74) is -0.0793. The average molecular weight is 512 g/mol. The van der Waals surface area contributed by atoms with Gasteiger partial charge in [-0.3, -0.25) is 4.79 Å². The summed E-state index contributed by atoms with van der Waals surface area (Å²) in [5.74, 6) is -0.811. The highest BCUT2D eigenvalue weighted by Crippen LogP contribution is 2.44. The number of nitrogens with one attached hydrogen (secondary N) is 1. The first kappa shape index (κ1) is 27.5. The van der Waals surface area contributed by atoms with Gasteiger partial charge in [0.25, 0.3) is 5.91 Å². The van der Waals surface area contributed by atoms with Gasteiger partial charge in [0, 0.05) is 5.56 Å². The van der Waals surface area contributed by atoms with Crippen molar-refractivity contribution in [3.8, 4) is 0 Å². The van der Waals surface area contributed by atoms with Crippen LogP contribution in [0.25, 0.3) is 0 Å². The van der Waals surface area contributed by atoms with Gasteiger partial charge in [0.15, 0.2) is 5.54 Å². The molecule has 1 aliphatic heterocycles. The number of nitrogens with zero attached hydrogens (tertiary/aromatic N) is 2. The van der Waals surface area contributed by atoms with Crippen molar-refractivity contribution in [2.24, 2.45) is 0 Å². The molecule has 0 spiro atoms. The van der Waals surface area contributed by atoms with Crippen molar-refractivity contribution in [1.82, 2.24) is 10.4 Å². The molecule has 0 aromatic heterocycles. The van der Waals surface area contributed by atoms with E-state index in [9.17, 15) is 19.2 Å². The van der Waals surface area contributed by atoms with Crippen LogP contribution >= 0.6 is 0 Å². The molecule has 2 aromatic carbocycles. The molecule has 198 valence electrons. The van der Waals surface area contributed by atoms with Gasteiger partial charge in [0.1, 0.15) is 17.8 Å². The maximum absolute atomic E-state index is 13.9. The second-order valence-electron chi connectivity index (χ2n) is 10.7. The SMILES string of the molecule is CC(C)(C)OC(=O)NN(C(=O)OC(C)(C)C)[C@@]1(C)C(=O)N(C(=O)OCc2ccccc2)c2ccccc21. The van der Waals surface area contributed by atoms with Crippen LogP contribution in [-0.4, -0.2) is 40.4 Å². The molecular formula is C27H33N3O7. The zero-order chi connectivity index (χ0) is 27.6. The predicted molar refractivity (Wildman–Crippen MR) is 135 cm³/mol. The summed E-state index contributed by atoms with van der Waals surface area (Å²) in [7, 11) is 0. The first-order chi connectivity index (χ1) is 17.1. The van der Waals surface area contributed by atoms with Gasteiger partial charge in [-0.2, -0.15) is 5.01 Å². The molecule has 4 amide bonds. The van der Waals surface area contributed by atoms with Crippen LogP contribution in [0.5, 0.6) is 0 Å². The number of amides is 4. The fourth-order valence-corrected chi connectivity index (χ4v) is 3.74. The van der Waals surface area contributed by atoms with Crippen molar-refractivity contribution >= 4 is 29.9 Å². The molecule has 10 heteroatoms. The van der Waals surface area contributed by atoms with Crippen molar-refractivity contribution in [2.75, 3.05) is 4.90 Å². The Kier molecular flexibility index (Phi) is 7.52. The van der Waals surface area contributed by atoms with Crippen LogP contribution in [0.15, 0.2) is 54.6 Å². The van der Waals surface area contributed by atoms with Crippen LogP contribution in [0.2, 0.25) is 0 Å². The molecule has 3 rings (SSSR count). The quantitative estimate of drug-likeness (QED) is 0.441. The van der Waals surface area contributed by atoms with Crippen LogP contribution in [0.1, 0.15) is 59.6 Å². The van der Waals surface area contributed by atoms with Crippen LogP contribution < -0.4 is 10.3 Å². The summed E-state index contributed by atoms with van der Waals surface area (Å²) >= 11 is 0. The van der Waals surface area contributed by atoms with E-state index >= 15 is 0 Å². The van der Waals surface area contributed by atoms with Gasteiger partial charge < -0.3 is 14.2 Å². The number of hydrogen-bond acceptors (Lipinski definition) is 7. The number of hydrazine groups is 1. The number of fused-ring (bicyclic) bond motifs is 1. The largest absolute Gasteiger partial charge is 0.444 e. The first-order valence-corrected chi connectivity index (χ1v) is 11.8. The third kappa shape index (κ3) is 6.19. The van der Waals surface area contributed by atoms with Gasteiger partial charge in [-0.25, -0.2) is 24.7 Å².